The lowest BCUT2D eigenvalue weighted by molar-refractivity contribution is -0.136. The van der Waals surface area contributed by atoms with Crippen LogP contribution in [0.2, 0.25) is 0 Å². The minimum Gasteiger partial charge on any atom is -0.497 e. The number of allylic oxidation sites excluding steroid dienone is 2. The molecule has 0 saturated carbocycles. The SMILES string of the molecule is COc1ccc(/C=C/C=C2\SC(=O)N(CC(=O)N3CCc4ccccc4C3)C2=O)cc1. The molecule has 0 atom stereocenters. The number of hydrogen-bond acceptors (Lipinski definition) is 5. The normalized spacial score (nSPS) is 17.5. The van der Waals surface area contributed by atoms with Crippen molar-refractivity contribution >= 4 is 34.9 Å². The number of nitrogens with zero attached hydrogens (tertiary/aromatic N) is 2. The molecule has 2 aliphatic rings. The Balaban J connectivity index is 1.38. The van der Waals surface area contributed by atoms with Crippen molar-refractivity contribution in [1.82, 2.24) is 9.80 Å². The van der Waals surface area contributed by atoms with Crippen molar-refractivity contribution in [2.24, 2.45) is 0 Å². The van der Waals surface area contributed by atoms with Gasteiger partial charge in [0, 0.05) is 13.1 Å². The molecule has 0 aromatic heterocycles. The monoisotopic (exact) mass is 434 g/mol. The molecular weight excluding hydrogens is 412 g/mol. The maximum absolute atomic E-state index is 12.7. The van der Waals surface area contributed by atoms with Gasteiger partial charge in [-0.25, -0.2) is 0 Å². The van der Waals surface area contributed by atoms with Gasteiger partial charge in [-0.1, -0.05) is 48.6 Å². The van der Waals surface area contributed by atoms with Crippen LogP contribution in [-0.4, -0.2) is 47.1 Å². The first-order valence-electron chi connectivity index (χ1n) is 9.96. The van der Waals surface area contributed by atoms with Crippen molar-refractivity contribution in [2.45, 2.75) is 13.0 Å². The first-order valence-corrected chi connectivity index (χ1v) is 10.8. The van der Waals surface area contributed by atoms with Crippen LogP contribution in [0.4, 0.5) is 4.79 Å². The molecule has 0 spiro atoms. The van der Waals surface area contributed by atoms with Crippen LogP contribution in [0.25, 0.3) is 6.08 Å². The van der Waals surface area contributed by atoms with E-state index >= 15 is 0 Å². The largest absolute Gasteiger partial charge is 0.497 e. The zero-order chi connectivity index (χ0) is 21.8. The van der Waals surface area contributed by atoms with Crippen molar-refractivity contribution in [1.29, 1.82) is 0 Å². The van der Waals surface area contributed by atoms with Crippen LogP contribution in [0, 0.1) is 0 Å². The van der Waals surface area contributed by atoms with Gasteiger partial charge in [-0.05, 0) is 53.1 Å². The summed E-state index contributed by atoms with van der Waals surface area (Å²) in [6, 6.07) is 15.5. The van der Waals surface area contributed by atoms with E-state index in [9.17, 15) is 14.4 Å². The molecular formula is C24H22N2O4S. The second-order valence-corrected chi connectivity index (χ2v) is 8.25. The summed E-state index contributed by atoms with van der Waals surface area (Å²) >= 11 is 0.857. The highest BCUT2D eigenvalue weighted by molar-refractivity contribution is 8.18. The van der Waals surface area contributed by atoms with E-state index in [0.29, 0.717) is 18.0 Å². The maximum atomic E-state index is 12.7. The quantitative estimate of drug-likeness (QED) is 0.669. The summed E-state index contributed by atoms with van der Waals surface area (Å²) in [5.74, 6) is 0.118. The number of thioether (sulfide) groups is 1. The topological polar surface area (TPSA) is 66.9 Å². The predicted molar refractivity (Wildman–Crippen MR) is 120 cm³/mol. The van der Waals surface area contributed by atoms with E-state index in [-0.39, 0.29) is 12.5 Å². The Labute approximate surface area is 185 Å². The molecule has 2 aromatic carbocycles. The van der Waals surface area contributed by atoms with E-state index in [0.717, 1.165) is 40.0 Å². The summed E-state index contributed by atoms with van der Waals surface area (Å²) in [5, 5.41) is -0.417. The second-order valence-electron chi connectivity index (χ2n) is 7.26. The average Bonchev–Trinajstić information content (AvgIpc) is 3.06. The number of imide groups is 1. The molecule has 1 saturated heterocycles. The molecule has 0 aliphatic carbocycles. The lowest BCUT2D eigenvalue weighted by atomic mass is 10.00. The molecule has 4 rings (SSSR count). The second kappa shape index (κ2) is 9.22. The van der Waals surface area contributed by atoms with Gasteiger partial charge in [-0.3, -0.25) is 19.3 Å². The number of methoxy groups -OCH3 is 1. The number of hydrogen-bond donors (Lipinski definition) is 0. The van der Waals surface area contributed by atoms with E-state index < -0.39 is 11.1 Å². The van der Waals surface area contributed by atoms with Gasteiger partial charge < -0.3 is 9.64 Å². The first-order chi connectivity index (χ1) is 15.0. The fraction of sp³-hybridized carbons (Fsp3) is 0.208. The number of fused-ring (bicyclic) bond motifs is 1. The Bertz CT molecular complexity index is 1080. The van der Waals surface area contributed by atoms with Gasteiger partial charge in [0.15, 0.2) is 0 Å². The van der Waals surface area contributed by atoms with Gasteiger partial charge in [0.25, 0.3) is 11.1 Å². The summed E-state index contributed by atoms with van der Waals surface area (Å²) in [6.07, 6.45) is 5.95. The lowest BCUT2D eigenvalue weighted by Gasteiger charge is -2.29. The smallest absolute Gasteiger partial charge is 0.294 e. The van der Waals surface area contributed by atoms with Crippen molar-refractivity contribution in [2.75, 3.05) is 20.2 Å². The molecule has 2 heterocycles. The third-order valence-corrected chi connectivity index (χ3v) is 6.23. The molecule has 3 amide bonds. The van der Waals surface area contributed by atoms with Crippen molar-refractivity contribution in [3.05, 3.63) is 82.3 Å². The minimum atomic E-state index is -0.430. The Morgan fingerprint density at radius 1 is 1.10 bits per heavy atom. The van der Waals surface area contributed by atoms with Crippen LogP contribution in [-0.2, 0) is 22.6 Å². The van der Waals surface area contributed by atoms with Gasteiger partial charge in [-0.15, -0.1) is 0 Å². The molecule has 6 nitrogen and oxygen atoms in total. The van der Waals surface area contributed by atoms with Crippen LogP contribution in [0.5, 0.6) is 5.75 Å². The molecule has 0 unspecified atom stereocenters. The third-order valence-electron chi connectivity index (χ3n) is 5.30. The first kappa shape index (κ1) is 20.9. The van der Waals surface area contributed by atoms with E-state index in [1.807, 2.05) is 48.5 Å². The van der Waals surface area contributed by atoms with Gasteiger partial charge in [-0.2, -0.15) is 0 Å². The molecule has 0 radical (unpaired) electrons. The zero-order valence-corrected chi connectivity index (χ0v) is 17.9. The predicted octanol–water partition coefficient (Wildman–Crippen LogP) is 3.87. The van der Waals surface area contributed by atoms with Crippen LogP contribution in [0.1, 0.15) is 16.7 Å². The van der Waals surface area contributed by atoms with Crippen LogP contribution < -0.4 is 4.74 Å². The fourth-order valence-electron chi connectivity index (χ4n) is 3.56. The number of benzene rings is 2. The molecule has 31 heavy (non-hydrogen) atoms. The van der Waals surface area contributed by atoms with Gasteiger partial charge in [0.1, 0.15) is 12.3 Å². The molecule has 0 bridgehead atoms. The Morgan fingerprint density at radius 2 is 1.84 bits per heavy atom. The standard InChI is InChI=1S/C24H22N2O4S/c1-30-20-11-9-17(10-12-20)5-4-8-21-23(28)26(24(29)31-21)16-22(27)25-14-13-18-6-2-3-7-19(18)15-25/h2-12H,13-16H2,1H3/b5-4+,21-8-. The Morgan fingerprint density at radius 3 is 2.58 bits per heavy atom. The summed E-state index contributed by atoms with van der Waals surface area (Å²) in [4.78, 5) is 40.8. The molecule has 2 aromatic rings. The van der Waals surface area contributed by atoms with E-state index in [1.165, 1.54) is 5.56 Å². The summed E-state index contributed by atoms with van der Waals surface area (Å²) in [7, 11) is 1.61. The molecule has 2 aliphatic heterocycles. The van der Waals surface area contributed by atoms with Crippen LogP contribution in [0.3, 0.4) is 0 Å². The number of carbonyl (C=O) groups is 3. The zero-order valence-electron chi connectivity index (χ0n) is 17.1. The molecule has 0 N–H and O–H groups in total. The number of amides is 3. The Hall–Kier alpha value is -3.32. The fourth-order valence-corrected chi connectivity index (χ4v) is 4.35. The van der Waals surface area contributed by atoms with E-state index in [4.69, 9.17) is 4.74 Å². The maximum Gasteiger partial charge on any atom is 0.294 e. The average molecular weight is 435 g/mol. The van der Waals surface area contributed by atoms with Crippen LogP contribution >= 0.6 is 11.8 Å². The molecule has 158 valence electrons. The summed E-state index contributed by atoms with van der Waals surface area (Å²) < 4.78 is 5.13. The van der Waals surface area contributed by atoms with E-state index in [1.54, 1.807) is 24.2 Å². The molecule has 7 heteroatoms. The van der Waals surface area contributed by atoms with Gasteiger partial charge >= 0.3 is 0 Å². The Kier molecular flexibility index (Phi) is 6.23. The highest BCUT2D eigenvalue weighted by Gasteiger charge is 2.37. The highest BCUT2D eigenvalue weighted by atomic mass is 32.2. The van der Waals surface area contributed by atoms with Crippen molar-refractivity contribution in [3.8, 4) is 5.75 Å². The number of ether oxygens (including phenoxy) is 1. The molecule has 1 fully saturated rings. The highest BCUT2D eigenvalue weighted by Crippen LogP contribution is 2.31. The number of rotatable bonds is 5. The van der Waals surface area contributed by atoms with Crippen molar-refractivity contribution in [3.63, 3.8) is 0 Å². The van der Waals surface area contributed by atoms with Crippen LogP contribution in [0.15, 0.2) is 65.6 Å². The summed E-state index contributed by atoms with van der Waals surface area (Å²) in [6.45, 7) is 0.866. The minimum absolute atomic E-state index is 0.216. The number of carbonyl (C=O) groups excluding carboxylic acids is 3. The van der Waals surface area contributed by atoms with Crippen molar-refractivity contribution < 1.29 is 19.1 Å². The lowest BCUT2D eigenvalue weighted by Crippen LogP contribution is -2.44. The third kappa shape index (κ3) is 4.72. The van der Waals surface area contributed by atoms with Gasteiger partial charge in [0.05, 0.1) is 12.0 Å². The van der Waals surface area contributed by atoms with E-state index in [2.05, 4.69) is 6.07 Å². The van der Waals surface area contributed by atoms with Gasteiger partial charge in [0.2, 0.25) is 5.91 Å². The summed E-state index contributed by atoms with van der Waals surface area (Å²) in [5.41, 5.74) is 3.29.